The van der Waals surface area contributed by atoms with Crippen molar-refractivity contribution in [2.45, 2.75) is 45.2 Å². The molecule has 122 valence electrons. The lowest BCUT2D eigenvalue weighted by atomic mass is 9.85. The van der Waals surface area contributed by atoms with E-state index in [-0.39, 0.29) is 17.9 Å². The summed E-state index contributed by atoms with van der Waals surface area (Å²) in [5.74, 6) is 0.204. The molecule has 1 aliphatic rings. The fraction of sp³-hybridized carbons (Fsp3) is 0.444. The van der Waals surface area contributed by atoms with Crippen molar-refractivity contribution >= 4 is 17.2 Å². The number of thiazole rings is 1. The van der Waals surface area contributed by atoms with Crippen LogP contribution in [0, 0.1) is 12.8 Å². The van der Waals surface area contributed by atoms with Crippen molar-refractivity contribution in [2.75, 3.05) is 0 Å². The zero-order valence-electron chi connectivity index (χ0n) is 13.4. The molecular formula is C18H23N3OS. The van der Waals surface area contributed by atoms with Gasteiger partial charge in [-0.15, -0.1) is 11.3 Å². The SMILES string of the molecule is Cc1nc(-c2ccccc2)sc1CNC(=O)C1CCCC(N)C1. The first-order valence-electron chi connectivity index (χ1n) is 8.18. The van der Waals surface area contributed by atoms with Gasteiger partial charge < -0.3 is 11.1 Å². The molecule has 1 heterocycles. The van der Waals surface area contributed by atoms with Gasteiger partial charge in [0.05, 0.1) is 12.2 Å². The Bertz CT molecular complexity index is 668. The van der Waals surface area contributed by atoms with Crippen LogP contribution in [0.1, 0.15) is 36.3 Å². The van der Waals surface area contributed by atoms with Gasteiger partial charge in [-0.05, 0) is 26.2 Å². The summed E-state index contributed by atoms with van der Waals surface area (Å²) in [6.45, 7) is 2.56. The van der Waals surface area contributed by atoms with Gasteiger partial charge in [0.2, 0.25) is 5.91 Å². The number of hydrogen-bond donors (Lipinski definition) is 2. The molecule has 0 radical (unpaired) electrons. The van der Waals surface area contributed by atoms with E-state index in [1.165, 1.54) is 0 Å². The summed E-state index contributed by atoms with van der Waals surface area (Å²) >= 11 is 1.65. The Kier molecular flexibility index (Phi) is 5.08. The van der Waals surface area contributed by atoms with E-state index in [9.17, 15) is 4.79 Å². The first kappa shape index (κ1) is 16.1. The highest BCUT2D eigenvalue weighted by Gasteiger charge is 2.25. The van der Waals surface area contributed by atoms with Crippen LogP contribution in [0.4, 0.5) is 0 Å². The predicted molar refractivity (Wildman–Crippen MR) is 94.1 cm³/mol. The summed E-state index contributed by atoms with van der Waals surface area (Å²) in [5.41, 5.74) is 8.09. The Morgan fingerprint density at radius 3 is 2.87 bits per heavy atom. The quantitative estimate of drug-likeness (QED) is 0.905. The first-order valence-corrected chi connectivity index (χ1v) is 9.00. The molecule has 4 nitrogen and oxygen atoms in total. The number of aryl methyl sites for hydroxylation is 1. The zero-order valence-corrected chi connectivity index (χ0v) is 14.2. The Morgan fingerprint density at radius 2 is 2.13 bits per heavy atom. The molecule has 2 atom stereocenters. The number of nitrogens with zero attached hydrogens (tertiary/aromatic N) is 1. The molecule has 0 bridgehead atoms. The molecule has 23 heavy (non-hydrogen) atoms. The number of carbonyl (C=O) groups is 1. The van der Waals surface area contributed by atoms with Crippen molar-refractivity contribution in [2.24, 2.45) is 11.7 Å². The van der Waals surface area contributed by atoms with Crippen LogP contribution in [0.15, 0.2) is 30.3 Å². The topological polar surface area (TPSA) is 68.0 Å². The second-order valence-corrected chi connectivity index (χ2v) is 7.32. The van der Waals surface area contributed by atoms with E-state index in [0.29, 0.717) is 6.54 Å². The highest BCUT2D eigenvalue weighted by Crippen LogP contribution is 2.28. The standard InChI is InChI=1S/C18H23N3OS/c1-12-16(23-18(21-12)13-6-3-2-4-7-13)11-20-17(22)14-8-5-9-15(19)10-14/h2-4,6-7,14-15H,5,8-11,19H2,1H3,(H,20,22). The number of aromatic nitrogens is 1. The second kappa shape index (κ2) is 7.23. The van der Waals surface area contributed by atoms with Gasteiger partial charge in [-0.25, -0.2) is 4.98 Å². The van der Waals surface area contributed by atoms with E-state index in [1.807, 2.05) is 25.1 Å². The minimum atomic E-state index is 0.0700. The predicted octanol–water partition coefficient (Wildman–Crippen LogP) is 3.25. The molecule has 0 saturated heterocycles. The van der Waals surface area contributed by atoms with Gasteiger partial charge in [0.25, 0.3) is 0 Å². The summed E-state index contributed by atoms with van der Waals surface area (Å²) in [7, 11) is 0. The Hall–Kier alpha value is -1.72. The third kappa shape index (κ3) is 3.98. The van der Waals surface area contributed by atoms with Gasteiger partial charge in [0.15, 0.2) is 0 Å². The van der Waals surface area contributed by atoms with E-state index in [4.69, 9.17) is 5.73 Å². The maximum atomic E-state index is 12.3. The molecule has 2 unspecified atom stereocenters. The highest BCUT2D eigenvalue weighted by atomic mass is 32.1. The minimum Gasteiger partial charge on any atom is -0.351 e. The zero-order chi connectivity index (χ0) is 16.2. The summed E-state index contributed by atoms with van der Waals surface area (Å²) in [4.78, 5) is 18.1. The summed E-state index contributed by atoms with van der Waals surface area (Å²) < 4.78 is 0. The van der Waals surface area contributed by atoms with Crippen molar-refractivity contribution in [1.82, 2.24) is 10.3 Å². The highest BCUT2D eigenvalue weighted by molar-refractivity contribution is 7.15. The number of nitrogens with one attached hydrogen (secondary N) is 1. The smallest absolute Gasteiger partial charge is 0.223 e. The Morgan fingerprint density at radius 1 is 1.35 bits per heavy atom. The van der Waals surface area contributed by atoms with Crippen molar-refractivity contribution in [3.05, 3.63) is 40.9 Å². The lowest BCUT2D eigenvalue weighted by Crippen LogP contribution is -2.37. The molecule has 0 aliphatic heterocycles. The largest absolute Gasteiger partial charge is 0.351 e. The van der Waals surface area contributed by atoms with Crippen LogP contribution in [-0.2, 0) is 11.3 Å². The Balaban J connectivity index is 1.62. The molecule has 3 N–H and O–H groups in total. The molecule has 0 spiro atoms. The average Bonchev–Trinajstić information content (AvgIpc) is 2.94. The maximum absolute atomic E-state index is 12.3. The number of amides is 1. The average molecular weight is 329 g/mol. The molecule has 1 aliphatic carbocycles. The molecule has 1 fully saturated rings. The third-order valence-corrected chi connectivity index (χ3v) is 5.63. The second-order valence-electron chi connectivity index (χ2n) is 6.24. The molecule has 3 rings (SSSR count). The summed E-state index contributed by atoms with van der Waals surface area (Å²) in [5, 5.41) is 4.08. The Labute approximate surface area is 141 Å². The van der Waals surface area contributed by atoms with Gasteiger partial charge in [-0.2, -0.15) is 0 Å². The van der Waals surface area contributed by atoms with Gasteiger partial charge in [0.1, 0.15) is 5.01 Å². The number of hydrogen-bond acceptors (Lipinski definition) is 4. The molecule has 1 saturated carbocycles. The van der Waals surface area contributed by atoms with Gasteiger partial charge in [0, 0.05) is 22.4 Å². The summed E-state index contributed by atoms with van der Waals surface area (Å²) in [6, 6.07) is 10.3. The minimum absolute atomic E-state index is 0.0700. The molecule has 1 aromatic carbocycles. The van der Waals surface area contributed by atoms with Gasteiger partial charge in [-0.1, -0.05) is 36.8 Å². The van der Waals surface area contributed by atoms with E-state index in [0.717, 1.165) is 46.8 Å². The lowest BCUT2D eigenvalue weighted by molar-refractivity contribution is -0.126. The van der Waals surface area contributed by atoms with Crippen molar-refractivity contribution in [3.63, 3.8) is 0 Å². The van der Waals surface area contributed by atoms with Crippen molar-refractivity contribution < 1.29 is 4.79 Å². The number of benzene rings is 1. The summed E-state index contributed by atoms with van der Waals surface area (Å²) in [6.07, 6.45) is 3.86. The van der Waals surface area contributed by atoms with Crippen LogP contribution in [0.5, 0.6) is 0 Å². The van der Waals surface area contributed by atoms with Crippen molar-refractivity contribution in [3.8, 4) is 10.6 Å². The van der Waals surface area contributed by atoms with E-state index in [2.05, 4.69) is 22.4 Å². The van der Waals surface area contributed by atoms with Crippen LogP contribution in [0.2, 0.25) is 0 Å². The normalized spacial score (nSPS) is 21.1. The van der Waals surface area contributed by atoms with Crippen molar-refractivity contribution in [1.29, 1.82) is 0 Å². The van der Waals surface area contributed by atoms with Gasteiger partial charge in [-0.3, -0.25) is 4.79 Å². The lowest BCUT2D eigenvalue weighted by Gasteiger charge is -2.25. The third-order valence-electron chi connectivity index (χ3n) is 4.42. The van der Waals surface area contributed by atoms with Crippen LogP contribution < -0.4 is 11.1 Å². The van der Waals surface area contributed by atoms with Gasteiger partial charge >= 0.3 is 0 Å². The molecule has 5 heteroatoms. The van der Waals surface area contributed by atoms with Crippen LogP contribution in [0.25, 0.3) is 10.6 Å². The number of rotatable bonds is 4. The fourth-order valence-corrected chi connectivity index (χ4v) is 4.08. The maximum Gasteiger partial charge on any atom is 0.223 e. The molecular weight excluding hydrogens is 306 g/mol. The van der Waals surface area contributed by atoms with Crippen LogP contribution in [-0.4, -0.2) is 16.9 Å². The molecule has 2 aromatic rings. The first-order chi connectivity index (χ1) is 11.1. The number of nitrogens with two attached hydrogens (primary N) is 1. The van der Waals surface area contributed by atoms with E-state index in [1.54, 1.807) is 11.3 Å². The monoisotopic (exact) mass is 329 g/mol. The van der Waals surface area contributed by atoms with E-state index >= 15 is 0 Å². The van der Waals surface area contributed by atoms with E-state index < -0.39 is 0 Å². The molecule has 1 amide bonds. The van der Waals surface area contributed by atoms with Crippen LogP contribution in [0.3, 0.4) is 0 Å². The fourth-order valence-electron chi connectivity index (χ4n) is 3.07. The van der Waals surface area contributed by atoms with Crippen LogP contribution >= 0.6 is 11.3 Å². The number of carbonyl (C=O) groups excluding carboxylic acids is 1. The molecule has 1 aromatic heterocycles.